The molecule has 1 amide bonds. The maximum absolute atomic E-state index is 12.9. The van der Waals surface area contributed by atoms with Gasteiger partial charge >= 0.3 is 0 Å². The smallest absolute Gasteiger partial charge is 0.222 e. The van der Waals surface area contributed by atoms with Crippen molar-refractivity contribution >= 4 is 5.91 Å². The molecule has 1 N–H and O–H groups in total. The van der Waals surface area contributed by atoms with E-state index in [1.54, 1.807) is 0 Å². The molecule has 2 aromatic carbocycles. The van der Waals surface area contributed by atoms with Gasteiger partial charge in [0, 0.05) is 25.6 Å². The van der Waals surface area contributed by atoms with Crippen molar-refractivity contribution in [3.8, 4) is 0 Å². The summed E-state index contributed by atoms with van der Waals surface area (Å²) in [7, 11) is 1.99. The lowest BCUT2D eigenvalue weighted by Crippen LogP contribution is -2.47. The molecule has 3 nitrogen and oxygen atoms in total. The van der Waals surface area contributed by atoms with Crippen LogP contribution in [0.2, 0.25) is 0 Å². The SMILES string of the molecule is CNC1CCCN(C(=O)CC(Cc2ccccc2)Cc2ccccc2)C1. The van der Waals surface area contributed by atoms with Crippen molar-refractivity contribution in [3.63, 3.8) is 0 Å². The molecule has 1 aliphatic heterocycles. The number of carbonyl (C=O) groups is 1. The first kappa shape index (κ1) is 18.7. The van der Waals surface area contributed by atoms with Gasteiger partial charge in [-0.05, 0) is 49.8 Å². The van der Waals surface area contributed by atoms with Crippen LogP contribution < -0.4 is 5.32 Å². The summed E-state index contributed by atoms with van der Waals surface area (Å²) in [4.78, 5) is 15.0. The second-order valence-electron chi connectivity index (χ2n) is 7.42. The monoisotopic (exact) mass is 350 g/mol. The van der Waals surface area contributed by atoms with Gasteiger partial charge < -0.3 is 10.2 Å². The summed E-state index contributed by atoms with van der Waals surface area (Å²) >= 11 is 0. The third kappa shape index (κ3) is 5.43. The van der Waals surface area contributed by atoms with Crippen LogP contribution in [0.3, 0.4) is 0 Å². The number of likely N-dealkylation sites (tertiary alicyclic amines) is 1. The van der Waals surface area contributed by atoms with Gasteiger partial charge in [-0.25, -0.2) is 0 Å². The van der Waals surface area contributed by atoms with E-state index in [4.69, 9.17) is 0 Å². The number of nitrogens with zero attached hydrogens (tertiary/aromatic N) is 1. The van der Waals surface area contributed by atoms with Crippen LogP contribution in [0.15, 0.2) is 60.7 Å². The van der Waals surface area contributed by atoms with E-state index in [0.29, 0.717) is 24.3 Å². The van der Waals surface area contributed by atoms with Crippen LogP contribution >= 0.6 is 0 Å². The van der Waals surface area contributed by atoms with Gasteiger partial charge in [0.2, 0.25) is 5.91 Å². The highest BCUT2D eigenvalue weighted by atomic mass is 16.2. The van der Waals surface area contributed by atoms with Gasteiger partial charge in [-0.15, -0.1) is 0 Å². The highest BCUT2D eigenvalue weighted by Crippen LogP contribution is 2.21. The van der Waals surface area contributed by atoms with Crippen LogP contribution in [0, 0.1) is 5.92 Å². The summed E-state index contributed by atoms with van der Waals surface area (Å²) < 4.78 is 0. The van der Waals surface area contributed by atoms with Crippen LogP contribution in [0.5, 0.6) is 0 Å². The van der Waals surface area contributed by atoms with Crippen molar-refractivity contribution in [2.45, 2.75) is 38.1 Å². The molecule has 0 aromatic heterocycles. The molecule has 1 heterocycles. The van der Waals surface area contributed by atoms with Crippen LogP contribution in [0.4, 0.5) is 0 Å². The molecule has 0 spiro atoms. The molecule has 1 unspecified atom stereocenters. The van der Waals surface area contributed by atoms with Crippen molar-refractivity contribution in [2.24, 2.45) is 5.92 Å². The van der Waals surface area contributed by atoms with Crippen LogP contribution in [-0.2, 0) is 17.6 Å². The van der Waals surface area contributed by atoms with Crippen molar-refractivity contribution in [1.29, 1.82) is 0 Å². The molecule has 3 rings (SSSR count). The number of benzene rings is 2. The van der Waals surface area contributed by atoms with Gasteiger partial charge in [-0.3, -0.25) is 4.79 Å². The lowest BCUT2D eigenvalue weighted by Gasteiger charge is -2.33. The highest BCUT2D eigenvalue weighted by Gasteiger charge is 2.25. The Morgan fingerprint density at radius 3 is 2.15 bits per heavy atom. The van der Waals surface area contributed by atoms with Gasteiger partial charge in [0.1, 0.15) is 0 Å². The number of hydrogen-bond donors (Lipinski definition) is 1. The van der Waals surface area contributed by atoms with E-state index in [-0.39, 0.29) is 0 Å². The summed E-state index contributed by atoms with van der Waals surface area (Å²) in [6.07, 6.45) is 4.78. The van der Waals surface area contributed by atoms with E-state index < -0.39 is 0 Å². The number of amides is 1. The van der Waals surface area contributed by atoms with Crippen molar-refractivity contribution in [3.05, 3.63) is 71.8 Å². The van der Waals surface area contributed by atoms with E-state index in [2.05, 4.69) is 58.7 Å². The third-order valence-electron chi connectivity index (χ3n) is 5.38. The van der Waals surface area contributed by atoms with E-state index in [1.165, 1.54) is 11.1 Å². The van der Waals surface area contributed by atoms with Crippen molar-refractivity contribution < 1.29 is 4.79 Å². The molecule has 1 saturated heterocycles. The van der Waals surface area contributed by atoms with E-state index in [0.717, 1.165) is 38.8 Å². The van der Waals surface area contributed by atoms with E-state index in [9.17, 15) is 4.79 Å². The second-order valence-corrected chi connectivity index (χ2v) is 7.42. The van der Waals surface area contributed by atoms with E-state index >= 15 is 0 Å². The van der Waals surface area contributed by atoms with Gasteiger partial charge in [-0.1, -0.05) is 60.7 Å². The third-order valence-corrected chi connectivity index (χ3v) is 5.38. The number of nitrogens with one attached hydrogen (secondary N) is 1. The normalized spacial score (nSPS) is 17.5. The molecule has 0 aliphatic carbocycles. The molecule has 3 heteroatoms. The lowest BCUT2D eigenvalue weighted by molar-refractivity contribution is -0.133. The molecule has 0 bridgehead atoms. The average molecular weight is 351 g/mol. The lowest BCUT2D eigenvalue weighted by atomic mass is 9.89. The molecule has 26 heavy (non-hydrogen) atoms. The highest BCUT2D eigenvalue weighted by molar-refractivity contribution is 5.76. The Bertz CT molecular complexity index is 630. The maximum Gasteiger partial charge on any atom is 0.222 e. The zero-order valence-electron chi connectivity index (χ0n) is 15.7. The standard InChI is InChI=1S/C23H30N2O/c1-24-22-13-8-14-25(18-22)23(26)17-21(15-19-9-4-2-5-10-19)16-20-11-6-3-7-12-20/h2-7,9-12,21-22,24H,8,13-18H2,1H3. The Kier molecular flexibility index (Phi) is 6.84. The minimum Gasteiger partial charge on any atom is -0.341 e. The first-order valence-corrected chi connectivity index (χ1v) is 9.77. The summed E-state index contributed by atoms with van der Waals surface area (Å²) in [5.41, 5.74) is 2.63. The van der Waals surface area contributed by atoms with Crippen LogP contribution in [0.1, 0.15) is 30.4 Å². The molecular weight excluding hydrogens is 320 g/mol. The fourth-order valence-corrected chi connectivity index (χ4v) is 3.93. The number of carbonyl (C=O) groups excluding carboxylic acids is 1. The minimum absolute atomic E-state index is 0.307. The molecule has 1 aliphatic rings. The number of likely N-dealkylation sites (N-methyl/N-ethyl adjacent to an activating group) is 1. The molecule has 1 fully saturated rings. The fourth-order valence-electron chi connectivity index (χ4n) is 3.93. The van der Waals surface area contributed by atoms with Crippen LogP contribution in [0.25, 0.3) is 0 Å². The predicted octanol–water partition coefficient (Wildman–Crippen LogP) is 3.69. The zero-order chi connectivity index (χ0) is 18.2. The number of piperidine rings is 1. The number of rotatable bonds is 7. The summed E-state index contributed by atoms with van der Waals surface area (Å²) in [5.74, 6) is 0.643. The average Bonchev–Trinajstić information content (AvgIpc) is 2.69. The molecule has 0 radical (unpaired) electrons. The van der Waals surface area contributed by atoms with Gasteiger partial charge in [0.05, 0.1) is 0 Å². The second kappa shape index (κ2) is 9.54. The van der Waals surface area contributed by atoms with Crippen LogP contribution in [-0.4, -0.2) is 37.0 Å². The molecule has 138 valence electrons. The summed E-state index contributed by atoms with van der Waals surface area (Å²) in [6.45, 7) is 1.75. The van der Waals surface area contributed by atoms with Gasteiger partial charge in [0.25, 0.3) is 0 Å². The first-order chi connectivity index (χ1) is 12.7. The Morgan fingerprint density at radius 2 is 1.62 bits per heavy atom. The summed E-state index contributed by atoms with van der Waals surface area (Å²) in [6, 6.07) is 21.5. The summed E-state index contributed by atoms with van der Waals surface area (Å²) in [5, 5.41) is 3.33. The Labute approximate surface area is 157 Å². The van der Waals surface area contributed by atoms with E-state index in [1.807, 2.05) is 19.2 Å². The van der Waals surface area contributed by atoms with Crippen molar-refractivity contribution in [2.75, 3.05) is 20.1 Å². The topological polar surface area (TPSA) is 32.3 Å². The molecule has 0 saturated carbocycles. The zero-order valence-corrected chi connectivity index (χ0v) is 15.7. The van der Waals surface area contributed by atoms with Gasteiger partial charge in [0.15, 0.2) is 0 Å². The largest absolute Gasteiger partial charge is 0.341 e. The fraction of sp³-hybridized carbons (Fsp3) is 0.435. The minimum atomic E-state index is 0.307. The Morgan fingerprint density at radius 1 is 1.04 bits per heavy atom. The molecular formula is C23H30N2O. The first-order valence-electron chi connectivity index (χ1n) is 9.77. The van der Waals surface area contributed by atoms with Gasteiger partial charge in [-0.2, -0.15) is 0 Å². The maximum atomic E-state index is 12.9. The predicted molar refractivity (Wildman–Crippen MR) is 107 cm³/mol. The number of hydrogen-bond acceptors (Lipinski definition) is 2. The Hall–Kier alpha value is -2.13. The van der Waals surface area contributed by atoms with Crippen molar-refractivity contribution in [1.82, 2.24) is 10.2 Å². The molecule has 2 aromatic rings. The molecule has 1 atom stereocenters. The quantitative estimate of drug-likeness (QED) is 0.826. The Balaban J connectivity index is 1.67.